The van der Waals surface area contributed by atoms with Gasteiger partial charge in [-0.3, -0.25) is 0 Å². The van der Waals surface area contributed by atoms with Crippen LogP contribution in [0.5, 0.6) is 5.75 Å². The van der Waals surface area contributed by atoms with Gasteiger partial charge in [0.2, 0.25) is 5.95 Å². The summed E-state index contributed by atoms with van der Waals surface area (Å²) in [5, 5.41) is 7.19. The lowest BCUT2D eigenvalue weighted by Crippen LogP contribution is -2.34. The number of halogens is 3. The van der Waals surface area contributed by atoms with Crippen molar-refractivity contribution < 1.29 is 13.5 Å². The van der Waals surface area contributed by atoms with E-state index < -0.39 is 6.17 Å². The third-order valence-electron chi connectivity index (χ3n) is 6.91. The molecule has 2 atom stereocenters. The number of hydrogen-bond donors (Lipinski definition) is 2. The second-order valence-corrected chi connectivity index (χ2v) is 9.76. The highest BCUT2D eigenvalue weighted by Crippen LogP contribution is 2.36. The van der Waals surface area contributed by atoms with Crippen molar-refractivity contribution in [1.82, 2.24) is 24.8 Å². The first-order chi connectivity index (χ1) is 18.5. The number of aromatic nitrogens is 4. The van der Waals surface area contributed by atoms with E-state index in [1.807, 2.05) is 23.1 Å². The molecule has 4 aromatic rings. The topological polar surface area (TPSA) is 80.1 Å². The average Bonchev–Trinajstić information content (AvgIpc) is 3.56. The normalized spacial score (nSPS) is 18.9. The summed E-state index contributed by atoms with van der Waals surface area (Å²) < 4.78 is 35.2. The quantitative estimate of drug-likeness (QED) is 0.359. The van der Waals surface area contributed by atoms with Gasteiger partial charge >= 0.3 is 0 Å². The Morgan fingerprint density at radius 2 is 2.00 bits per heavy atom. The largest absolute Gasteiger partial charge is 0.494 e. The van der Waals surface area contributed by atoms with Gasteiger partial charge in [0.1, 0.15) is 35.0 Å². The van der Waals surface area contributed by atoms with Crippen LogP contribution < -0.4 is 20.3 Å². The van der Waals surface area contributed by atoms with Crippen LogP contribution >= 0.6 is 11.6 Å². The van der Waals surface area contributed by atoms with Gasteiger partial charge in [0.25, 0.3) is 0 Å². The van der Waals surface area contributed by atoms with Crippen LogP contribution in [0.25, 0.3) is 5.69 Å². The van der Waals surface area contributed by atoms with Gasteiger partial charge in [-0.15, -0.1) is 0 Å². The van der Waals surface area contributed by atoms with E-state index in [1.165, 1.54) is 12.1 Å². The standard InChI is InChI=1S/C27H26ClF2N7O/c1-38-22-12-19(6-7-21(22)37-14-23(28)32-15-37)33-27-34-25-20(26(35-27)36-11-9-18(30)13-36)8-10-31-24(25)16-2-4-17(29)5-3-16/h2-7,12,14-15,18,24,31H,8-11,13H2,1H3,(H,33,34,35)/t18-,24?/m1/s1. The number of imidazole rings is 1. The van der Waals surface area contributed by atoms with Gasteiger partial charge in [0.05, 0.1) is 31.1 Å². The Kier molecular flexibility index (Phi) is 6.59. The van der Waals surface area contributed by atoms with Gasteiger partial charge in [-0.05, 0) is 42.7 Å². The molecule has 38 heavy (non-hydrogen) atoms. The molecular weight excluding hydrogens is 512 g/mol. The van der Waals surface area contributed by atoms with Crippen molar-refractivity contribution in [3.05, 3.63) is 82.8 Å². The van der Waals surface area contributed by atoms with Crippen LogP contribution in [0.3, 0.4) is 0 Å². The molecule has 0 bridgehead atoms. The lowest BCUT2D eigenvalue weighted by Gasteiger charge is -2.30. The summed E-state index contributed by atoms with van der Waals surface area (Å²) in [5.41, 5.74) is 4.18. The van der Waals surface area contributed by atoms with Crippen molar-refractivity contribution in [2.45, 2.75) is 25.1 Å². The maximum Gasteiger partial charge on any atom is 0.229 e. The van der Waals surface area contributed by atoms with Gasteiger partial charge in [0, 0.05) is 36.6 Å². The van der Waals surface area contributed by atoms with E-state index >= 15 is 0 Å². The molecule has 2 aliphatic rings. The van der Waals surface area contributed by atoms with E-state index in [1.54, 1.807) is 36.3 Å². The number of nitrogens with zero attached hydrogens (tertiary/aromatic N) is 5. The first-order valence-corrected chi connectivity index (χ1v) is 12.8. The molecule has 2 aliphatic heterocycles. The number of nitrogens with one attached hydrogen (secondary N) is 2. The Hall–Kier alpha value is -3.76. The van der Waals surface area contributed by atoms with Crippen LogP contribution in [0.1, 0.15) is 29.3 Å². The number of fused-ring (bicyclic) bond motifs is 1. The van der Waals surface area contributed by atoms with E-state index in [-0.39, 0.29) is 11.9 Å². The van der Waals surface area contributed by atoms with Crippen molar-refractivity contribution in [2.24, 2.45) is 0 Å². The van der Waals surface area contributed by atoms with Crippen LogP contribution in [0.4, 0.5) is 26.2 Å². The summed E-state index contributed by atoms with van der Waals surface area (Å²) in [6.45, 7) is 1.60. The molecule has 0 saturated carbocycles. The summed E-state index contributed by atoms with van der Waals surface area (Å²) in [6, 6.07) is 11.8. The molecule has 2 aromatic heterocycles. The fourth-order valence-corrected chi connectivity index (χ4v) is 5.24. The van der Waals surface area contributed by atoms with E-state index in [4.69, 9.17) is 26.3 Å². The van der Waals surface area contributed by atoms with Crippen LogP contribution in [0.15, 0.2) is 55.0 Å². The molecule has 0 aliphatic carbocycles. The zero-order valence-corrected chi connectivity index (χ0v) is 21.4. The zero-order chi connectivity index (χ0) is 26.2. The first-order valence-electron chi connectivity index (χ1n) is 12.4. The molecule has 0 radical (unpaired) electrons. The van der Waals surface area contributed by atoms with Crippen molar-refractivity contribution in [3.8, 4) is 11.4 Å². The summed E-state index contributed by atoms with van der Waals surface area (Å²) in [4.78, 5) is 15.8. The van der Waals surface area contributed by atoms with Gasteiger partial charge < -0.3 is 24.8 Å². The Morgan fingerprint density at radius 1 is 1.16 bits per heavy atom. The SMILES string of the molecule is COc1cc(Nc2nc3c(c(N4CC[C@@H](F)C4)n2)CCNC3c2ccc(F)cc2)ccc1-n1cnc(Cl)c1. The second-order valence-electron chi connectivity index (χ2n) is 9.37. The van der Waals surface area contributed by atoms with E-state index in [0.717, 1.165) is 34.0 Å². The third-order valence-corrected chi connectivity index (χ3v) is 7.11. The van der Waals surface area contributed by atoms with Gasteiger partial charge in [0.15, 0.2) is 0 Å². The predicted octanol–water partition coefficient (Wildman–Crippen LogP) is 4.99. The van der Waals surface area contributed by atoms with Crippen molar-refractivity contribution in [1.29, 1.82) is 0 Å². The molecule has 0 amide bonds. The summed E-state index contributed by atoms with van der Waals surface area (Å²) in [5.74, 6) is 1.44. The number of hydrogen-bond acceptors (Lipinski definition) is 7. The molecule has 6 rings (SSSR count). The van der Waals surface area contributed by atoms with Gasteiger partial charge in [-0.2, -0.15) is 4.98 Å². The van der Waals surface area contributed by atoms with Crippen LogP contribution in [-0.4, -0.2) is 52.4 Å². The molecule has 1 saturated heterocycles. The highest BCUT2D eigenvalue weighted by Gasteiger charge is 2.32. The van der Waals surface area contributed by atoms with Gasteiger partial charge in [-0.25, -0.2) is 18.7 Å². The Morgan fingerprint density at radius 3 is 2.71 bits per heavy atom. The number of benzene rings is 2. The molecule has 1 unspecified atom stereocenters. The number of anilines is 3. The maximum absolute atomic E-state index is 14.2. The van der Waals surface area contributed by atoms with E-state index in [0.29, 0.717) is 49.3 Å². The maximum atomic E-state index is 14.2. The minimum atomic E-state index is -0.889. The molecule has 1 fully saturated rings. The van der Waals surface area contributed by atoms with E-state index in [2.05, 4.69) is 15.6 Å². The molecule has 196 valence electrons. The average molecular weight is 538 g/mol. The lowest BCUT2D eigenvalue weighted by molar-refractivity contribution is 0.364. The molecule has 2 aromatic carbocycles. The molecule has 11 heteroatoms. The Balaban J connectivity index is 1.39. The van der Waals surface area contributed by atoms with Crippen molar-refractivity contribution >= 4 is 29.1 Å². The molecule has 4 heterocycles. The van der Waals surface area contributed by atoms with E-state index in [9.17, 15) is 8.78 Å². The molecule has 8 nitrogen and oxygen atoms in total. The summed E-state index contributed by atoms with van der Waals surface area (Å²) in [6.07, 6.45) is 3.61. The van der Waals surface area contributed by atoms with Gasteiger partial charge in [-0.1, -0.05) is 23.7 Å². The lowest BCUT2D eigenvalue weighted by atomic mass is 9.94. The smallest absolute Gasteiger partial charge is 0.229 e. The van der Waals surface area contributed by atoms with Crippen LogP contribution in [0, 0.1) is 5.82 Å². The number of methoxy groups -OCH3 is 1. The third kappa shape index (κ3) is 4.77. The molecule has 0 spiro atoms. The first kappa shape index (κ1) is 24.6. The predicted molar refractivity (Wildman–Crippen MR) is 142 cm³/mol. The fourth-order valence-electron chi connectivity index (χ4n) is 5.09. The highest BCUT2D eigenvalue weighted by molar-refractivity contribution is 6.29. The Bertz CT molecular complexity index is 1460. The fraction of sp³-hybridized carbons (Fsp3) is 0.296. The summed E-state index contributed by atoms with van der Waals surface area (Å²) >= 11 is 5.99. The Labute approximate surface area is 223 Å². The molecule has 2 N–H and O–H groups in total. The number of rotatable bonds is 6. The number of alkyl halides is 1. The minimum absolute atomic E-state index is 0.242. The second kappa shape index (κ2) is 10.2. The highest BCUT2D eigenvalue weighted by atomic mass is 35.5. The van der Waals surface area contributed by atoms with Crippen molar-refractivity contribution in [3.63, 3.8) is 0 Å². The zero-order valence-electron chi connectivity index (χ0n) is 20.7. The summed E-state index contributed by atoms with van der Waals surface area (Å²) in [7, 11) is 1.59. The monoisotopic (exact) mass is 537 g/mol. The van der Waals surface area contributed by atoms with Crippen LogP contribution in [-0.2, 0) is 6.42 Å². The minimum Gasteiger partial charge on any atom is -0.494 e. The van der Waals surface area contributed by atoms with Crippen molar-refractivity contribution in [2.75, 3.05) is 37.0 Å². The molecular formula is C27H26ClF2N7O. The van der Waals surface area contributed by atoms with Crippen LogP contribution in [0.2, 0.25) is 5.15 Å². The number of ether oxygens (including phenoxy) is 1.